The predicted octanol–water partition coefficient (Wildman–Crippen LogP) is 2.12. The standard InChI is InChI=1S/C19H31N3O5S/c1-6-12(3)20-18(23)15-8-10-22(11-9-15)28(25,26)17-14(5)21-13(4)16(17)19(24)27-7-2/h12,15,21H,6-11H2,1-5H3,(H,20,23). The minimum atomic E-state index is -3.87. The largest absolute Gasteiger partial charge is 0.462 e. The second kappa shape index (κ2) is 9.09. The first-order valence-electron chi connectivity index (χ1n) is 9.80. The van der Waals surface area contributed by atoms with Crippen LogP contribution in [0.3, 0.4) is 0 Å². The van der Waals surface area contributed by atoms with Crippen LogP contribution in [0.4, 0.5) is 0 Å². The summed E-state index contributed by atoms with van der Waals surface area (Å²) in [6, 6.07) is 0.104. The van der Waals surface area contributed by atoms with Crippen molar-refractivity contribution in [3.63, 3.8) is 0 Å². The molecule has 1 aliphatic rings. The number of esters is 1. The molecular weight excluding hydrogens is 382 g/mol. The van der Waals surface area contributed by atoms with E-state index in [0.29, 0.717) is 24.2 Å². The van der Waals surface area contributed by atoms with Crippen molar-refractivity contribution in [1.82, 2.24) is 14.6 Å². The summed E-state index contributed by atoms with van der Waals surface area (Å²) in [5.41, 5.74) is 0.950. The van der Waals surface area contributed by atoms with E-state index in [9.17, 15) is 18.0 Å². The molecule has 1 aliphatic heterocycles. The number of piperidine rings is 1. The van der Waals surface area contributed by atoms with Gasteiger partial charge in [0.25, 0.3) is 0 Å². The van der Waals surface area contributed by atoms with Crippen LogP contribution in [0.25, 0.3) is 0 Å². The Bertz CT molecular complexity index is 823. The number of hydrogen-bond donors (Lipinski definition) is 2. The number of ether oxygens (including phenoxy) is 1. The van der Waals surface area contributed by atoms with Crippen molar-refractivity contribution in [3.8, 4) is 0 Å². The number of rotatable bonds is 7. The maximum absolute atomic E-state index is 13.2. The fraction of sp³-hybridized carbons (Fsp3) is 0.684. The van der Waals surface area contributed by atoms with Crippen molar-refractivity contribution in [2.45, 2.75) is 64.8 Å². The molecule has 1 fully saturated rings. The maximum atomic E-state index is 13.2. The molecule has 2 N–H and O–H groups in total. The Kier molecular flexibility index (Phi) is 7.28. The predicted molar refractivity (Wildman–Crippen MR) is 106 cm³/mol. The Morgan fingerprint density at radius 3 is 2.36 bits per heavy atom. The number of carbonyl (C=O) groups excluding carboxylic acids is 2. The average Bonchev–Trinajstić information content (AvgIpc) is 2.96. The molecule has 1 amide bonds. The van der Waals surface area contributed by atoms with Crippen LogP contribution in [0.15, 0.2) is 4.90 Å². The van der Waals surface area contributed by atoms with Gasteiger partial charge in [0.05, 0.1) is 6.61 Å². The Morgan fingerprint density at radius 2 is 1.82 bits per heavy atom. The highest BCUT2D eigenvalue weighted by Gasteiger charge is 2.37. The fourth-order valence-corrected chi connectivity index (χ4v) is 5.36. The molecule has 0 spiro atoms. The Balaban J connectivity index is 2.19. The molecular formula is C19H31N3O5S. The van der Waals surface area contributed by atoms with Gasteiger partial charge in [0.1, 0.15) is 10.5 Å². The van der Waals surface area contributed by atoms with Gasteiger partial charge in [-0.3, -0.25) is 4.79 Å². The number of sulfonamides is 1. The van der Waals surface area contributed by atoms with Crippen LogP contribution in [-0.2, 0) is 19.6 Å². The smallest absolute Gasteiger partial charge is 0.341 e. The monoisotopic (exact) mass is 413 g/mol. The number of aryl methyl sites for hydroxylation is 2. The number of carbonyl (C=O) groups is 2. The molecule has 158 valence electrons. The SMILES string of the molecule is CCOC(=O)c1c(C)[nH]c(C)c1S(=O)(=O)N1CCC(C(=O)NC(C)CC)CC1. The summed E-state index contributed by atoms with van der Waals surface area (Å²) in [4.78, 5) is 27.6. The van der Waals surface area contributed by atoms with Crippen LogP contribution in [-0.4, -0.2) is 55.3 Å². The number of hydrogen-bond acceptors (Lipinski definition) is 5. The van der Waals surface area contributed by atoms with Gasteiger partial charge in [-0.15, -0.1) is 0 Å². The molecule has 2 heterocycles. The van der Waals surface area contributed by atoms with Crippen molar-refractivity contribution in [1.29, 1.82) is 0 Å². The van der Waals surface area contributed by atoms with Gasteiger partial charge in [-0.2, -0.15) is 4.31 Å². The lowest BCUT2D eigenvalue weighted by molar-refractivity contribution is -0.126. The van der Waals surface area contributed by atoms with Crippen molar-refractivity contribution in [2.75, 3.05) is 19.7 Å². The van der Waals surface area contributed by atoms with E-state index in [-0.39, 0.29) is 48.0 Å². The Labute approximate surface area is 167 Å². The Morgan fingerprint density at radius 1 is 1.21 bits per heavy atom. The first-order valence-corrected chi connectivity index (χ1v) is 11.2. The summed E-state index contributed by atoms with van der Waals surface area (Å²) in [6.45, 7) is 9.57. The number of aromatic nitrogens is 1. The lowest BCUT2D eigenvalue weighted by Crippen LogP contribution is -2.44. The van der Waals surface area contributed by atoms with E-state index in [2.05, 4.69) is 10.3 Å². The third-order valence-corrected chi connectivity index (χ3v) is 7.29. The summed E-state index contributed by atoms with van der Waals surface area (Å²) in [5, 5.41) is 2.96. The molecule has 2 rings (SSSR count). The van der Waals surface area contributed by atoms with Gasteiger partial charge in [0, 0.05) is 36.4 Å². The van der Waals surface area contributed by atoms with Crippen LogP contribution in [0.2, 0.25) is 0 Å². The van der Waals surface area contributed by atoms with E-state index in [0.717, 1.165) is 6.42 Å². The summed E-state index contributed by atoms with van der Waals surface area (Å²) in [7, 11) is -3.87. The normalized spacial score (nSPS) is 17.3. The van der Waals surface area contributed by atoms with Crippen molar-refractivity contribution in [3.05, 3.63) is 17.0 Å². The molecule has 1 unspecified atom stereocenters. The second-order valence-corrected chi connectivity index (χ2v) is 9.17. The molecule has 28 heavy (non-hydrogen) atoms. The third-order valence-electron chi connectivity index (χ3n) is 5.22. The van der Waals surface area contributed by atoms with Crippen molar-refractivity contribution >= 4 is 21.9 Å². The molecule has 1 atom stereocenters. The highest BCUT2D eigenvalue weighted by molar-refractivity contribution is 7.89. The molecule has 0 aliphatic carbocycles. The molecule has 1 saturated heterocycles. The van der Waals surface area contributed by atoms with E-state index in [1.54, 1.807) is 20.8 Å². The molecule has 1 aromatic rings. The lowest BCUT2D eigenvalue weighted by atomic mass is 9.97. The summed E-state index contributed by atoms with van der Waals surface area (Å²) in [6.07, 6.45) is 1.76. The molecule has 0 saturated carbocycles. The van der Waals surface area contributed by atoms with Crippen molar-refractivity contribution in [2.24, 2.45) is 5.92 Å². The summed E-state index contributed by atoms with van der Waals surface area (Å²) in [5.74, 6) is -0.864. The highest BCUT2D eigenvalue weighted by Crippen LogP contribution is 2.30. The number of H-pyrrole nitrogens is 1. The molecule has 8 nitrogen and oxygen atoms in total. The first kappa shape index (κ1) is 22.4. The maximum Gasteiger partial charge on any atom is 0.341 e. The minimum absolute atomic E-state index is 0.0210. The van der Waals surface area contributed by atoms with Gasteiger partial charge in [-0.1, -0.05) is 6.92 Å². The Hall–Kier alpha value is -1.87. The van der Waals surface area contributed by atoms with E-state index in [1.807, 2.05) is 13.8 Å². The second-order valence-electron chi connectivity index (χ2n) is 7.30. The number of aromatic amines is 1. The quantitative estimate of drug-likeness (QED) is 0.666. The molecule has 0 bridgehead atoms. The van der Waals surface area contributed by atoms with Crippen LogP contribution >= 0.6 is 0 Å². The minimum Gasteiger partial charge on any atom is -0.462 e. The number of nitrogens with one attached hydrogen (secondary N) is 2. The fourth-order valence-electron chi connectivity index (χ4n) is 3.48. The molecule has 1 aromatic heterocycles. The zero-order valence-electron chi connectivity index (χ0n) is 17.3. The third kappa shape index (κ3) is 4.57. The van der Waals surface area contributed by atoms with Crippen LogP contribution in [0, 0.1) is 19.8 Å². The van der Waals surface area contributed by atoms with Gasteiger partial charge in [-0.05, 0) is 47.0 Å². The molecule has 0 radical (unpaired) electrons. The first-order chi connectivity index (χ1) is 13.1. The van der Waals surface area contributed by atoms with Crippen LogP contribution in [0.1, 0.15) is 61.8 Å². The van der Waals surface area contributed by atoms with Crippen LogP contribution < -0.4 is 5.32 Å². The number of amides is 1. The molecule has 9 heteroatoms. The topological polar surface area (TPSA) is 109 Å². The van der Waals surface area contributed by atoms with Gasteiger partial charge >= 0.3 is 5.97 Å². The lowest BCUT2D eigenvalue weighted by Gasteiger charge is -2.31. The van der Waals surface area contributed by atoms with E-state index >= 15 is 0 Å². The summed E-state index contributed by atoms with van der Waals surface area (Å²) >= 11 is 0. The van der Waals surface area contributed by atoms with E-state index in [1.165, 1.54) is 4.31 Å². The van der Waals surface area contributed by atoms with Gasteiger partial charge in [0.15, 0.2) is 0 Å². The zero-order chi connectivity index (χ0) is 21.1. The summed E-state index contributed by atoms with van der Waals surface area (Å²) < 4.78 is 32.9. The van der Waals surface area contributed by atoms with Crippen LogP contribution in [0.5, 0.6) is 0 Å². The van der Waals surface area contributed by atoms with E-state index in [4.69, 9.17) is 4.74 Å². The van der Waals surface area contributed by atoms with Gasteiger partial charge in [-0.25, -0.2) is 13.2 Å². The highest BCUT2D eigenvalue weighted by atomic mass is 32.2. The van der Waals surface area contributed by atoms with Gasteiger partial charge in [0.2, 0.25) is 15.9 Å². The van der Waals surface area contributed by atoms with Gasteiger partial charge < -0.3 is 15.0 Å². The van der Waals surface area contributed by atoms with Crippen molar-refractivity contribution < 1.29 is 22.7 Å². The average molecular weight is 414 g/mol. The zero-order valence-corrected chi connectivity index (χ0v) is 18.1. The van der Waals surface area contributed by atoms with E-state index < -0.39 is 16.0 Å². The number of nitrogens with zero attached hydrogens (tertiary/aromatic N) is 1. The molecule has 0 aromatic carbocycles.